The van der Waals surface area contributed by atoms with Crippen molar-refractivity contribution >= 4 is 5.91 Å². The van der Waals surface area contributed by atoms with Gasteiger partial charge in [-0.2, -0.15) is 0 Å². The zero-order valence-corrected chi connectivity index (χ0v) is 14.4. The molecule has 136 valence electrons. The Morgan fingerprint density at radius 3 is 2.48 bits per heavy atom. The van der Waals surface area contributed by atoms with E-state index in [0.717, 1.165) is 44.6 Å². The summed E-state index contributed by atoms with van der Waals surface area (Å²) in [5.74, 6) is -0.0296. The lowest BCUT2D eigenvalue weighted by atomic mass is 9.65. The Morgan fingerprint density at radius 2 is 1.88 bits per heavy atom. The average molecular weight is 348 g/mol. The molecule has 2 atom stereocenters. The zero-order valence-electron chi connectivity index (χ0n) is 14.4. The van der Waals surface area contributed by atoms with Crippen molar-refractivity contribution in [1.82, 2.24) is 5.32 Å². The number of carbonyl (C=O) groups excluding carboxylic acids is 1. The van der Waals surface area contributed by atoms with Gasteiger partial charge in [-0.05, 0) is 62.0 Å². The lowest BCUT2D eigenvalue weighted by Gasteiger charge is -2.43. The Labute approximate surface area is 147 Å². The highest BCUT2D eigenvalue weighted by molar-refractivity contribution is 5.79. The smallest absolute Gasteiger partial charge is 0.223 e. The number of nitrogens with one attached hydrogen (secondary N) is 1. The van der Waals surface area contributed by atoms with Crippen LogP contribution in [0, 0.1) is 29.4 Å². The van der Waals surface area contributed by atoms with Crippen molar-refractivity contribution in [1.29, 1.82) is 0 Å². The third-order valence-corrected chi connectivity index (χ3v) is 6.74. The fourth-order valence-electron chi connectivity index (χ4n) is 5.02. The summed E-state index contributed by atoms with van der Waals surface area (Å²) in [6.45, 7) is 0.437. The topological polar surface area (TPSA) is 55.1 Å². The quantitative estimate of drug-likeness (QED) is 0.877. The minimum Gasteiger partial charge on any atom is -0.355 e. The molecule has 0 spiro atoms. The van der Waals surface area contributed by atoms with Gasteiger partial charge in [0.25, 0.3) is 0 Å². The minimum atomic E-state index is -0.564. The maximum atomic E-state index is 14.1. The number of hydrogen-bond donors (Lipinski definition) is 2. The van der Waals surface area contributed by atoms with Crippen molar-refractivity contribution in [2.24, 2.45) is 23.5 Å². The summed E-state index contributed by atoms with van der Waals surface area (Å²) >= 11 is 0. The molecule has 3 aliphatic rings. The van der Waals surface area contributed by atoms with Crippen molar-refractivity contribution in [2.75, 3.05) is 6.54 Å². The molecular weight excluding hydrogens is 322 g/mol. The predicted octanol–water partition coefficient (Wildman–Crippen LogP) is 3.27. The van der Waals surface area contributed by atoms with Gasteiger partial charge in [-0.25, -0.2) is 8.78 Å². The van der Waals surface area contributed by atoms with Crippen LogP contribution in [0.2, 0.25) is 0 Å². The molecule has 25 heavy (non-hydrogen) atoms. The molecule has 3 saturated carbocycles. The Morgan fingerprint density at radius 1 is 1.20 bits per heavy atom. The van der Waals surface area contributed by atoms with Gasteiger partial charge in [-0.15, -0.1) is 0 Å². The highest BCUT2D eigenvalue weighted by Crippen LogP contribution is 2.49. The molecule has 1 aromatic rings. The van der Waals surface area contributed by atoms with E-state index in [9.17, 15) is 13.6 Å². The number of rotatable bonds is 4. The molecule has 3 nitrogen and oxygen atoms in total. The van der Waals surface area contributed by atoms with E-state index in [4.69, 9.17) is 5.73 Å². The molecule has 1 amide bonds. The molecule has 3 N–H and O–H groups in total. The predicted molar refractivity (Wildman–Crippen MR) is 91.8 cm³/mol. The minimum absolute atomic E-state index is 0.0314. The third-order valence-electron chi connectivity index (χ3n) is 6.74. The number of benzene rings is 1. The summed E-state index contributed by atoms with van der Waals surface area (Å²) in [6, 6.07) is 4.00. The largest absolute Gasteiger partial charge is 0.355 e. The fourth-order valence-corrected chi connectivity index (χ4v) is 5.02. The third kappa shape index (κ3) is 3.19. The molecule has 3 fully saturated rings. The molecule has 1 aromatic carbocycles. The van der Waals surface area contributed by atoms with Crippen molar-refractivity contribution in [3.8, 4) is 0 Å². The van der Waals surface area contributed by atoms with E-state index in [-0.39, 0.29) is 23.3 Å². The normalized spacial score (nSPS) is 32.9. The molecule has 4 rings (SSSR count). The van der Waals surface area contributed by atoms with Crippen LogP contribution in [0.4, 0.5) is 8.78 Å². The lowest BCUT2D eigenvalue weighted by molar-refractivity contribution is -0.128. The van der Waals surface area contributed by atoms with Gasteiger partial charge in [0.05, 0.1) is 0 Å². The second-order valence-corrected chi connectivity index (χ2v) is 8.32. The summed E-state index contributed by atoms with van der Waals surface area (Å²) in [6.07, 6.45) is 6.90. The molecule has 2 bridgehead atoms. The van der Waals surface area contributed by atoms with E-state index < -0.39 is 11.6 Å². The maximum absolute atomic E-state index is 14.1. The first-order valence-corrected chi connectivity index (χ1v) is 9.47. The first kappa shape index (κ1) is 17.0. The van der Waals surface area contributed by atoms with Crippen LogP contribution in [0.1, 0.15) is 50.5 Å². The standard InChI is InChI=1S/C20H26F2N2O/c21-15-4-5-16(17(22)10-15)20(6-7-20)11-24-19(25)14-8-12-2-1-3-13(9-14)18(12)23/h4-5,10,12-14,18H,1-3,6-9,11,23H2,(H,24,25). The van der Waals surface area contributed by atoms with E-state index in [1.807, 2.05) is 0 Å². The lowest BCUT2D eigenvalue weighted by Crippen LogP contribution is -2.49. The summed E-state index contributed by atoms with van der Waals surface area (Å²) in [7, 11) is 0. The van der Waals surface area contributed by atoms with Crippen molar-refractivity contribution < 1.29 is 13.6 Å². The van der Waals surface area contributed by atoms with Gasteiger partial charge in [0.1, 0.15) is 11.6 Å². The van der Waals surface area contributed by atoms with E-state index >= 15 is 0 Å². The van der Waals surface area contributed by atoms with Crippen LogP contribution < -0.4 is 11.1 Å². The van der Waals surface area contributed by atoms with E-state index in [2.05, 4.69) is 5.32 Å². The summed E-state index contributed by atoms with van der Waals surface area (Å²) in [4.78, 5) is 12.7. The molecule has 0 saturated heterocycles. The number of amides is 1. The molecule has 3 aliphatic carbocycles. The Hall–Kier alpha value is -1.49. The number of carbonyl (C=O) groups is 1. The van der Waals surface area contributed by atoms with Gasteiger partial charge < -0.3 is 11.1 Å². The molecule has 5 heteroatoms. The van der Waals surface area contributed by atoms with Gasteiger partial charge in [-0.1, -0.05) is 12.5 Å². The summed E-state index contributed by atoms with van der Waals surface area (Å²) < 4.78 is 27.2. The van der Waals surface area contributed by atoms with Crippen LogP contribution in [-0.2, 0) is 10.2 Å². The Kier molecular flexibility index (Phi) is 4.30. The van der Waals surface area contributed by atoms with E-state index in [0.29, 0.717) is 23.9 Å². The molecule has 0 radical (unpaired) electrons. The molecule has 0 heterocycles. The Balaban J connectivity index is 1.39. The highest BCUT2D eigenvalue weighted by Gasteiger charge is 2.47. The van der Waals surface area contributed by atoms with Crippen LogP contribution in [0.3, 0.4) is 0 Å². The van der Waals surface area contributed by atoms with Gasteiger partial charge in [0.2, 0.25) is 5.91 Å². The van der Waals surface area contributed by atoms with Crippen LogP contribution >= 0.6 is 0 Å². The number of halogens is 2. The van der Waals surface area contributed by atoms with Crippen molar-refractivity contribution in [3.05, 3.63) is 35.4 Å². The number of nitrogens with two attached hydrogens (primary N) is 1. The van der Waals surface area contributed by atoms with Gasteiger partial charge in [0.15, 0.2) is 0 Å². The van der Waals surface area contributed by atoms with Crippen LogP contribution in [0.5, 0.6) is 0 Å². The van der Waals surface area contributed by atoms with Crippen LogP contribution in [-0.4, -0.2) is 18.5 Å². The van der Waals surface area contributed by atoms with Crippen LogP contribution in [0.15, 0.2) is 18.2 Å². The van der Waals surface area contributed by atoms with Crippen molar-refractivity contribution in [3.63, 3.8) is 0 Å². The van der Waals surface area contributed by atoms with Gasteiger partial charge in [-0.3, -0.25) is 4.79 Å². The monoisotopic (exact) mass is 348 g/mol. The molecule has 0 aliphatic heterocycles. The maximum Gasteiger partial charge on any atom is 0.223 e. The van der Waals surface area contributed by atoms with Gasteiger partial charge >= 0.3 is 0 Å². The Bertz CT molecular complexity index is 660. The SMILES string of the molecule is NC1C2CCCC1CC(C(=O)NCC1(c3ccc(F)cc3F)CC1)C2. The second kappa shape index (κ2) is 6.35. The summed E-state index contributed by atoms with van der Waals surface area (Å²) in [5.41, 5.74) is 6.47. The molecule has 2 unspecified atom stereocenters. The van der Waals surface area contributed by atoms with Gasteiger partial charge in [0, 0.05) is 30.0 Å². The molecular formula is C20H26F2N2O. The average Bonchev–Trinajstić information content (AvgIpc) is 3.33. The summed E-state index contributed by atoms with van der Waals surface area (Å²) in [5, 5.41) is 3.06. The van der Waals surface area contributed by atoms with Crippen LogP contribution in [0.25, 0.3) is 0 Å². The molecule has 0 aromatic heterocycles. The number of fused-ring (bicyclic) bond motifs is 2. The van der Waals surface area contributed by atoms with E-state index in [1.165, 1.54) is 18.6 Å². The first-order valence-electron chi connectivity index (χ1n) is 9.47. The second-order valence-electron chi connectivity index (χ2n) is 8.32. The van der Waals surface area contributed by atoms with Crippen molar-refractivity contribution in [2.45, 2.75) is 56.4 Å². The zero-order chi connectivity index (χ0) is 17.6. The fraction of sp³-hybridized carbons (Fsp3) is 0.650. The number of hydrogen-bond acceptors (Lipinski definition) is 2. The highest BCUT2D eigenvalue weighted by atomic mass is 19.1. The first-order chi connectivity index (χ1) is 12.0. The van der Waals surface area contributed by atoms with E-state index in [1.54, 1.807) is 0 Å².